The molecule has 0 atom stereocenters. The highest BCUT2D eigenvalue weighted by Gasteiger charge is 2.20. The number of nitrogens with zero attached hydrogens (tertiary/aromatic N) is 1. The third-order valence-corrected chi connectivity index (χ3v) is 3.72. The van der Waals surface area contributed by atoms with Crippen molar-refractivity contribution in [2.45, 2.75) is 27.3 Å². The van der Waals surface area contributed by atoms with Gasteiger partial charge >= 0.3 is 0 Å². The van der Waals surface area contributed by atoms with Crippen molar-refractivity contribution in [3.8, 4) is 0 Å². The Kier molecular flexibility index (Phi) is 4.27. The number of hydrogen-bond acceptors (Lipinski definition) is 2. The average Bonchev–Trinajstić information content (AvgIpc) is 2.81. The molecule has 0 bridgehead atoms. The second-order valence-corrected chi connectivity index (χ2v) is 6.03. The lowest BCUT2D eigenvalue weighted by Gasteiger charge is -2.30. The summed E-state index contributed by atoms with van der Waals surface area (Å²) >= 11 is 0. The fourth-order valence-corrected chi connectivity index (χ4v) is 2.45. The SMILES string of the molecule is CCN(Cc1c[nH]c2ccccc12)CC(C)(C)CN. The predicted octanol–water partition coefficient (Wildman–Crippen LogP) is 2.97. The average molecular weight is 259 g/mol. The minimum absolute atomic E-state index is 0.169. The van der Waals surface area contributed by atoms with E-state index < -0.39 is 0 Å². The number of rotatable bonds is 6. The van der Waals surface area contributed by atoms with Crippen LogP contribution in [0, 0.1) is 5.41 Å². The first kappa shape index (κ1) is 14.1. The number of fused-ring (bicyclic) bond motifs is 1. The molecule has 3 nitrogen and oxygen atoms in total. The molecule has 0 aliphatic rings. The first-order valence-electron chi connectivity index (χ1n) is 7.03. The van der Waals surface area contributed by atoms with Gasteiger partial charge in [-0.1, -0.05) is 39.0 Å². The topological polar surface area (TPSA) is 45.0 Å². The lowest BCUT2D eigenvalue weighted by Crippen LogP contribution is -2.38. The highest BCUT2D eigenvalue weighted by molar-refractivity contribution is 5.82. The second-order valence-electron chi connectivity index (χ2n) is 6.03. The van der Waals surface area contributed by atoms with Gasteiger partial charge < -0.3 is 10.7 Å². The van der Waals surface area contributed by atoms with Crippen molar-refractivity contribution in [2.75, 3.05) is 19.6 Å². The van der Waals surface area contributed by atoms with Crippen molar-refractivity contribution in [3.05, 3.63) is 36.0 Å². The second kappa shape index (κ2) is 5.76. The van der Waals surface area contributed by atoms with Crippen LogP contribution in [0.4, 0.5) is 0 Å². The van der Waals surface area contributed by atoms with E-state index in [1.165, 1.54) is 16.5 Å². The van der Waals surface area contributed by atoms with Gasteiger partial charge in [-0.3, -0.25) is 4.90 Å². The molecule has 3 heteroatoms. The predicted molar refractivity (Wildman–Crippen MR) is 82.1 cm³/mol. The van der Waals surface area contributed by atoms with Gasteiger partial charge in [-0.25, -0.2) is 0 Å². The normalized spacial score (nSPS) is 12.5. The third-order valence-electron chi connectivity index (χ3n) is 3.72. The standard InChI is InChI=1S/C16H25N3/c1-4-19(12-16(2,3)11-17)10-13-9-18-15-8-6-5-7-14(13)15/h5-9,18H,4,10-12,17H2,1-3H3. The smallest absolute Gasteiger partial charge is 0.0457 e. The van der Waals surface area contributed by atoms with Crippen LogP contribution in [0.15, 0.2) is 30.5 Å². The zero-order valence-corrected chi connectivity index (χ0v) is 12.2. The molecule has 1 aromatic carbocycles. The number of nitrogens with one attached hydrogen (secondary N) is 1. The highest BCUT2D eigenvalue weighted by Crippen LogP contribution is 2.21. The Morgan fingerprint density at radius 2 is 2.00 bits per heavy atom. The largest absolute Gasteiger partial charge is 0.361 e. The molecule has 2 rings (SSSR count). The van der Waals surface area contributed by atoms with Gasteiger partial charge in [0.15, 0.2) is 0 Å². The summed E-state index contributed by atoms with van der Waals surface area (Å²) in [4.78, 5) is 5.80. The molecule has 3 N–H and O–H groups in total. The number of aromatic nitrogens is 1. The van der Waals surface area contributed by atoms with Crippen molar-refractivity contribution >= 4 is 10.9 Å². The van der Waals surface area contributed by atoms with Gasteiger partial charge in [0.1, 0.15) is 0 Å². The molecule has 0 aliphatic carbocycles. The van der Waals surface area contributed by atoms with Crippen LogP contribution >= 0.6 is 0 Å². The molecule has 19 heavy (non-hydrogen) atoms. The zero-order chi connectivity index (χ0) is 13.9. The summed E-state index contributed by atoms with van der Waals surface area (Å²) in [5.74, 6) is 0. The van der Waals surface area contributed by atoms with Crippen molar-refractivity contribution in [1.82, 2.24) is 9.88 Å². The molecule has 104 valence electrons. The van der Waals surface area contributed by atoms with Gasteiger partial charge in [0.2, 0.25) is 0 Å². The number of benzene rings is 1. The van der Waals surface area contributed by atoms with Crippen LogP contribution < -0.4 is 5.73 Å². The molecule has 0 radical (unpaired) electrons. The summed E-state index contributed by atoms with van der Waals surface area (Å²) in [6, 6.07) is 8.47. The fraction of sp³-hybridized carbons (Fsp3) is 0.500. The molecule has 0 spiro atoms. The van der Waals surface area contributed by atoms with E-state index in [-0.39, 0.29) is 5.41 Å². The van der Waals surface area contributed by atoms with Gasteiger partial charge in [0.25, 0.3) is 0 Å². The maximum absolute atomic E-state index is 5.84. The summed E-state index contributed by atoms with van der Waals surface area (Å²) in [7, 11) is 0. The Morgan fingerprint density at radius 1 is 1.26 bits per heavy atom. The lowest BCUT2D eigenvalue weighted by atomic mass is 9.93. The number of nitrogens with two attached hydrogens (primary N) is 1. The summed E-state index contributed by atoms with van der Waals surface area (Å²) in [5, 5.41) is 1.33. The highest BCUT2D eigenvalue weighted by atomic mass is 15.1. The van der Waals surface area contributed by atoms with Gasteiger partial charge in [0, 0.05) is 30.2 Å². The van der Waals surface area contributed by atoms with E-state index in [4.69, 9.17) is 5.73 Å². The monoisotopic (exact) mass is 259 g/mol. The number of H-pyrrole nitrogens is 1. The van der Waals surface area contributed by atoms with Crippen molar-refractivity contribution in [1.29, 1.82) is 0 Å². The van der Waals surface area contributed by atoms with Crippen LogP contribution in [-0.2, 0) is 6.54 Å². The molecule has 1 heterocycles. The quantitative estimate of drug-likeness (QED) is 0.837. The molecular weight excluding hydrogens is 234 g/mol. The number of aromatic amines is 1. The molecule has 2 aromatic rings. The van der Waals surface area contributed by atoms with Crippen molar-refractivity contribution in [2.24, 2.45) is 11.1 Å². The zero-order valence-electron chi connectivity index (χ0n) is 12.2. The Balaban J connectivity index is 2.14. The minimum Gasteiger partial charge on any atom is -0.361 e. The molecule has 0 fully saturated rings. The van der Waals surface area contributed by atoms with E-state index in [1.54, 1.807) is 0 Å². The third kappa shape index (κ3) is 3.37. The number of hydrogen-bond donors (Lipinski definition) is 2. The maximum Gasteiger partial charge on any atom is 0.0457 e. The molecular formula is C16H25N3. The van der Waals surface area contributed by atoms with Crippen LogP contribution in [-0.4, -0.2) is 29.5 Å². The Bertz CT molecular complexity index is 528. The van der Waals surface area contributed by atoms with Gasteiger partial charge in [0.05, 0.1) is 0 Å². The van der Waals surface area contributed by atoms with E-state index in [0.29, 0.717) is 0 Å². The fourth-order valence-electron chi connectivity index (χ4n) is 2.45. The van der Waals surface area contributed by atoms with Gasteiger partial charge in [-0.05, 0) is 30.1 Å². The van der Waals surface area contributed by atoms with Crippen LogP contribution in [0.25, 0.3) is 10.9 Å². The van der Waals surface area contributed by atoms with Crippen LogP contribution in [0.5, 0.6) is 0 Å². The Labute approximate surface area is 115 Å². The minimum atomic E-state index is 0.169. The molecule has 0 amide bonds. The van der Waals surface area contributed by atoms with E-state index in [2.05, 4.69) is 61.1 Å². The summed E-state index contributed by atoms with van der Waals surface area (Å²) < 4.78 is 0. The molecule has 0 aliphatic heterocycles. The molecule has 0 saturated heterocycles. The van der Waals surface area contributed by atoms with Crippen molar-refractivity contribution < 1.29 is 0 Å². The number of para-hydroxylation sites is 1. The van der Waals surface area contributed by atoms with E-state index >= 15 is 0 Å². The van der Waals surface area contributed by atoms with E-state index in [1.807, 2.05) is 0 Å². The van der Waals surface area contributed by atoms with E-state index in [9.17, 15) is 0 Å². The maximum atomic E-state index is 5.84. The molecule has 0 saturated carbocycles. The first-order chi connectivity index (χ1) is 9.05. The summed E-state index contributed by atoms with van der Waals surface area (Å²) in [6.07, 6.45) is 2.13. The van der Waals surface area contributed by atoms with Crippen molar-refractivity contribution in [3.63, 3.8) is 0 Å². The Hall–Kier alpha value is -1.32. The summed E-state index contributed by atoms with van der Waals surface area (Å²) in [6.45, 7) is 10.4. The Morgan fingerprint density at radius 3 is 2.68 bits per heavy atom. The van der Waals surface area contributed by atoms with Crippen LogP contribution in [0.2, 0.25) is 0 Å². The summed E-state index contributed by atoms with van der Waals surface area (Å²) in [5.41, 5.74) is 8.59. The van der Waals surface area contributed by atoms with Crippen LogP contribution in [0.3, 0.4) is 0 Å². The molecule has 0 unspecified atom stereocenters. The molecule has 1 aromatic heterocycles. The first-order valence-corrected chi connectivity index (χ1v) is 7.03. The lowest BCUT2D eigenvalue weighted by molar-refractivity contribution is 0.184. The van der Waals surface area contributed by atoms with E-state index in [0.717, 1.165) is 26.2 Å². The van der Waals surface area contributed by atoms with Gasteiger partial charge in [-0.2, -0.15) is 0 Å². The van der Waals surface area contributed by atoms with Gasteiger partial charge in [-0.15, -0.1) is 0 Å². The van der Waals surface area contributed by atoms with Crippen LogP contribution in [0.1, 0.15) is 26.3 Å².